The van der Waals surface area contributed by atoms with Crippen molar-refractivity contribution in [1.29, 1.82) is 0 Å². The lowest BCUT2D eigenvalue weighted by atomic mass is 10.1. The van der Waals surface area contributed by atoms with E-state index in [1.807, 2.05) is 0 Å². The molecule has 8 heteroatoms. The second-order valence-electron chi connectivity index (χ2n) is 11.6. The van der Waals surface area contributed by atoms with Gasteiger partial charge >= 0.3 is 0 Å². The Hall–Kier alpha value is -5.50. The summed E-state index contributed by atoms with van der Waals surface area (Å²) in [5.41, 5.74) is 10.0. The summed E-state index contributed by atoms with van der Waals surface area (Å²) in [6.45, 7) is 4.38. The SMILES string of the molecule is CCCCc1ccc(-n2c(-c3ccc([N+](=O)[O-])cc3)cc3c2cc(-c2ccc([N+](=O)[O-])cc2)n3-c2ccc(CCCC)cc2)cc1. The van der Waals surface area contributed by atoms with Crippen LogP contribution in [0.25, 0.3) is 44.9 Å². The molecule has 0 fully saturated rings. The molecular formula is C38H36N4O4. The van der Waals surface area contributed by atoms with Crippen molar-refractivity contribution in [3.8, 4) is 33.9 Å². The minimum atomic E-state index is -0.386. The average molecular weight is 613 g/mol. The highest BCUT2D eigenvalue weighted by atomic mass is 16.6. The first-order valence-electron chi connectivity index (χ1n) is 15.8. The molecule has 0 saturated carbocycles. The molecule has 0 aliphatic carbocycles. The molecule has 8 nitrogen and oxygen atoms in total. The van der Waals surface area contributed by atoms with Gasteiger partial charge in [-0.1, -0.05) is 51.0 Å². The van der Waals surface area contributed by atoms with Gasteiger partial charge in [-0.2, -0.15) is 0 Å². The second kappa shape index (κ2) is 13.2. The Bertz CT molecular complexity index is 1840. The Morgan fingerprint density at radius 1 is 0.522 bits per heavy atom. The molecule has 0 radical (unpaired) electrons. The van der Waals surface area contributed by atoms with E-state index < -0.39 is 0 Å². The van der Waals surface area contributed by atoms with E-state index in [1.165, 1.54) is 35.4 Å². The summed E-state index contributed by atoms with van der Waals surface area (Å²) in [4.78, 5) is 22.1. The third kappa shape index (κ3) is 6.06. The van der Waals surface area contributed by atoms with Gasteiger partial charge in [0.05, 0.1) is 32.3 Å². The lowest BCUT2D eigenvalue weighted by Gasteiger charge is -2.13. The standard InChI is InChI=1S/C38H36N4O4/c1-3-5-7-27-9-17-31(18-10-27)39-35(29-13-21-33(22-14-29)41(43)44)25-38-37(39)26-36(30-15-23-34(24-16-30)42(45)46)40(38)32-19-11-28(12-20-32)8-6-4-2/h9-26H,3-8H2,1-2H3. The van der Waals surface area contributed by atoms with E-state index >= 15 is 0 Å². The zero-order chi connectivity index (χ0) is 32.2. The van der Waals surface area contributed by atoms with Gasteiger partial charge in [-0.05, 0) is 109 Å². The second-order valence-corrected chi connectivity index (χ2v) is 11.6. The molecule has 0 amide bonds. The summed E-state index contributed by atoms with van der Waals surface area (Å²) in [5.74, 6) is 0. The summed E-state index contributed by atoms with van der Waals surface area (Å²) in [5, 5.41) is 22.8. The van der Waals surface area contributed by atoms with Gasteiger partial charge in [-0.15, -0.1) is 0 Å². The lowest BCUT2D eigenvalue weighted by molar-refractivity contribution is -0.385. The van der Waals surface area contributed by atoms with Crippen molar-refractivity contribution in [3.05, 3.63) is 141 Å². The average Bonchev–Trinajstić information content (AvgIpc) is 3.63. The van der Waals surface area contributed by atoms with Crippen LogP contribution < -0.4 is 0 Å². The highest BCUT2D eigenvalue weighted by Gasteiger charge is 2.22. The van der Waals surface area contributed by atoms with Crippen LogP contribution in [-0.2, 0) is 12.8 Å². The molecule has 0 N–H and O–H groups in total. The zero-order valence-corrected chi connectivity index (χ0v) is 26.1. The van der Waals surface area contributed by atoms with Crippen LogP contribution >= 0.6 is 0 Å². The number of hydrogen-bond acceptors (Lipinski definition) is 4. The Morgan fingerprint density at radius 3 is 1.17 bits per heavy atom. The van der Waals surface area contributed by atoms with Gasteiger partial charge in [0.1, 0.15) is 0 Å². The van der Waals surface area contributed by atoms with E-state index in [0.717, 1.165) is 83.4 Å². The number of nitro groups is 2. The van der Waals surface area contributed by atoms with Crippen LogP contribution in [0.15, 0.2) is 109 Å². The molecule has 0 bridgehead atoms. The number of fused-ring (bicyclic) bond motifs is 1. The number of unbranched alkanes of at least 4 members (excludes halogenated alkanes) is 2. The van der Waals surface area contributed by atoms with Gasteiger partial charge in [0.15, 0.2) is 0 Å². The highest BCUT2D eigenvalue weighted by Crippen LogP contribution is 2.39. The van der Waals surface area contributed by atoms with Gasteiger partial charge in [0.25, 0.3) is 11.4 Å². The summed E-state index contributed by atoms with van der Waals surface area (Å²) in [6.07, 6.45) is 6.54. The summed E-state index contributed by atoms with van der Waals surface area (Å²) in [6, 6.07) is 34.8. The van der Waals surface area contributed by atoms with Crippen molar-refractivity contribution >= 4 is 22.4 Å². The molecule has 0 aliphatic rings. The van der Waals surface area contributed by atoms with Crippen LogP contribution in [0.4, 0.5) is 11.4 Å². The maximum atomic E-state index is 11.4. The van der Waals surface area contributed by atoms with Gasteiger partial charge in [0, 0.05) is 35.6 Å². The predicted molar refractivity (Wildman–Crippen MR) is 184 cm³/mol. The quantitative estimate of drug-likeness (QED) is 0.101. The molecule has 2 heterocycles. The predicted octanol–water partition coefficient (Wildman–Crippen LogP) is 10.3. The molecule has 232 valence electrons. The van der Waals surface area contributed by atoms with E-state index in [-0.39, 0.29) is 21.2 Å². The van der Waals surface area contributed by atoms with E-state index in [1.54, 1.807) is 24.3 Å². The fourth-order valence-electron chi connectivity index (χ4n) is 6.03. The molecule has 2 aromatic heterocycles. The molecule has 0 spiro atoms. The van der Waals surface area contributed by atoms with Crippen LogP contribution in [0.2, 0.25) is 0 Å². The minimum absolute atomic E-state index is 0.0415. The molecule has 46 heavy (non-hydrogen) atoms. The Labute approximate surface area is 267 Å². The van der Waals surface area contributed by atoms with Gasteiger partial charge in [-0.3, -0.25) is 20.2 Å². The molecule has 0 aliphatic heterocycles. The van der Waals surface area contributed by atoms with Crippen LogP contribution in [0.5, 0.6) is 0 Å². The van der Waals surface area contributed by atoms with Crippen LogP contribution in [0.1, 0.15) is 50.7 Å². The van der Waals surface area contributed by atoms with E-state index in [9.17, 15) is 20.2 Å². The monoisotopic (exact) mass is 612 g/mol. The van der Waals surface area contributed by atoms with Gasteiger partial charge < -0.3 is 9.13 Å². The van der Waals surface area contributed by atoms with E-state index in [2.05, 4.69) is 83.6 Å². The number of non-ortho nitro benzene ring substituents is 2. The molecule has 4 aromatic carbocycles. The number of benzene rings is 4. The molecule has 0 atom stereocenters. The Balaban J connectivity index is 1.59. The molecule has 6 rings (SSSR count). The Morgan fingerprint density at radius 2 is 0.870 bits per heavy atom. The maximum absolute atomic E-state index is 11.4. The summed E-state index contributed by atoms with van der Waals surface area (Å²) < 4.78 is 4.39. The first-order chi connectivity index (χ1) is 22.4. The molecule has 0 unspecified atom stereocenters. The van der Waals surface area contributed by atoms with Crippen molar-refractivity contribution in [2.75, 3.05) is 0 Å². The van der Waals surface area contributed by atoms with Crippen molar-refractivity contribution < 1.29 is 9.85 Å². The molecule has 6 aromatic rings. The maximum Gasteiger partial charge on any atom is 0.269 e. The Kier molecular flexibility index (Phi) is 8.79. The van der Waals surface area contributed by atoms with Crippen molar-refractivity contribution in [3.63, 3.8) is 0 Å². The smallest absolute Gasteiger partial charge is 0.269 e. The normalized spacial score (nSPS) is 11.3. The van der Waals surface area contributed by atoms with Gasteiger partial charge in [-0.25, -0.2) is 0 Å². The third-order valence-electron chi connectivity index (χ3n) is 8.55. The van der Waals surface area contributed by atoms with Crippen molar-refractivity contribution in [2.24, 2.45) is 0 Å². The number of hydrogen-bond donors (Lipinski definition) is 0. The third-order valence-corrected chi connectivity index (χ3v) is 8.55. The minimum Gasteiger partial charge on any atom is -0.308 e. The zero-order valence-electron chi connectivity index (χ0n) is 26.1. The number of aryl methyl sites for hydroxylation is 2. The number of aromatic nitrogens is 2. The fourth-order valence-corrected chi connectivity index (χ4v) is 6.03. The number of nitro benzene ring substituents is 2. The fraction of sp³-hybridized carbons (Fsp3) is 0.211. The molecular weight excluding hydrogens is 576 g/mol. The topological polar surface area (TPSA) is 96.1 Å². The number of rotatable bonds is 12. The number of nitrogens with zero attached hydrogens (tertiary/aromatic N) is 4. The molecule has 0 saturated heterocycles. The van der Waals surface area contributed by atoms with Crippen LogP contribution in [-0.4, -0.2) is 19.0 Å². The van der Waals surface area contributed by atoms with Crippen molar-refractivity contribution in [1.82, 2.24) is 9.13 Å². The first-order valence-corrected chi connectivity index (χ1v) is 15.8. The summed E-state index contributed by atoms with van der Waals surface area (Å²) >= 11 is 0. The first kappa shape index (κ1) is 30.5. The largest absolute Gasteiger partial charge is 0.308 e. The van der Waals surface area contributed by atoms with E-state index in [4.69, 9.17) is 0 Å². The lowest BCUT2D eigenvalue weighted by Crippen LogP contribution is -1.98. The van der Waals surface area contributed by atoms with Crippen LogP contribution in [0.3, 0.4) is 0 Å². The summed E-state index contributed by atoms with van der Waals surface area (Å²) in [7, 11) is 0. The highest BCUT2D eigenvalue weighted by molar-refractivity contribution is 5.93. The van der Waals surface area contributed by atoms with E-state index in [0.29, 0.717) is 0 Å². The van der Waals surface area contributed by atoms with Gasteiger partial charge in [0.2, 0.25) is 0 Å². The van der Waals surface area contributed by atoms with Crippen LogP contribution in [0, 0.1) is 20.2 Å². The van der Waals surface area contributed by atoms with Crippen molar-refractivity contribution in [2.45, 2.75) is 52.4 Å².